The number of ether oxygens (including phenoxy) is 1. The average Bonchev–Trinajstić information content (AvgIpc) is 2.20. The smallest absolute Gasteiger partial charge is 0.129 e. The van der Waals surface area contributed by atoms with Crippen molar-refractivity contribution in [3.05, 3.63) is 34.4 Å². The molecule has 1 rings (SSSR count). The lowest BCUT2D eigenvalue weighted by Crippen LogP contribution is -2.16. The van der Waals surface area contributed by atoms with Gasteiger partial charge in [-0.15, -0.1) is 5.54 Å². The van der Waals surface area contributed by atoms with E-state index in [1.54, 1.807) is 7.11 Å². The van der Waals surface area contributed by atoms with Crippen LogP contribution in [0.25, 0.3) is 0 Å². The molecule has 1 nitrogen and oxygen atoms in total. The van der Waals surface area contributed by atoms with Crippen LogP contribution in [0.15, 0.2) is 12.1 Å². The van der Waals surface area contributed by atoms with Crippen molar-refractivity contribution in [3.8, 4) is 11.5 Å². The van der Waals surface area contributed by atoms with E-state index in [2.05, 4.69) is 57.1 Å². The molecule has 0 aliphatic heterocycles. The second-order valence-corrected chi connectivity index (χ2v) is 10.3. The van der Waals surface area contributed by atoms with Crippen LogP contribution in [-0.4, -0.2) is 15.2 Å². The van der Waals surface area contributed by atoms with E-state index in [0.29, 0.717) is 6.61 Å². The lowest BCUT2D eigenvalue weighted by atomic mass is 10.0. The fraction of sp³-hybridized carbons (Fsp3) is 0.467. The van der Waals surface area contributed by atoms with E-state index in [1.807, 2.05) is 0 Å². The Kier molecular flexibility index (Phi) is 4.56. The molecule has 17 heavy (non-hydrogen) atoms. The fourth-order valence-electron chi connectivity index (χ4n) is 1.52. The molecular weight excluding hydrogens is 224 g/mol. The molecule has 0 N–H and O–H groups in total. The highest BCUT2D eigenvalue weighted by Crippen LogP contribution is 2.16. The van der Waals surface area contributed by atoms with Crippen molar-refractivity contribution in [2.45, 2.75) is 40.1 Å². The molecule has 0 atom stereocenters. The third kappa shape index (κ3) is 4.38. The van der Waals surface area contributed by atoms with Crippen LogP contribution in [-0.2, 0) is 11.3 Å². The van der Waals surface area contributed by atoms with E-state index in [4.69, 9.17) is 4.74 Å². The molecule has 0 radical (unpaired) electrons. The minimum absolute atomic E-state index is 0.636. The number of hydrogen-bond donors (Lipinski definition) is 0. The molecule has 0 heterocycles. The van der Waals surface area contributed by atoms with Gasteiger partial charge in [0.25, 0.3) is 0 Å². The maximum atomic E-state index is 5.24. The molecule has 0 saturated heterocycles. The zero-order valence-electron chi connectivity index (χ0n) is 11.8. The molecule has 0 saturated carbocycles. The first-order valence-electron chi connectivity index (χ1n) is 5.96. The lowest BCUT2D eigenvalue weighted by molar-refractivity contribution is 0.184. The number of rotatable bonds is 2. The number of hydrogen-bond acceptors (Lipinski definition) is 1. The van der Waals surface area contributed by atoms with Crippen molar-refractivity contribution in [3.63, 3.8) is 0 Å². The summed E-state index contributed by atoms with van der Waals surface area (Å²) in [4.78, 5) is 0. The summed E-state index contributed by atoms with van der Waals surface area (Å²) in [5.41, 5.74) is 8.33. The largest absolute Gasteiger partial charge is 0.380 e. The van der Waals surface area contributed by atoms with Crippen molar-refractivity contribution in [1.82, 2.24) is 0 Å². The van der Waals surface area contributed by atoms with Crippen LogP contribution in [0.1, 0.15) is 22.3 Å². The van der Waals surface area contributed by atoms with Crippen LogP contribution in [0.2, 0.25) is 19.6 Å². The van der Waals surface area contributed by atoms with E-state index in [1.165, 1.54) is 16.7 Å². The summed E-state index contributed by atoms with van der Waals surface area (Å²) < 4.78 is 5.24. The van der Waals surface area contributed by atoms with Gasteiger partial charge in [0.15, 0.2) is 0 Å². The summed E-state index contributed by atoms with van der Waals surface area (Å²) in [7, 11) is 0.408. The Bertz CT molecular complexity index is 458. The molecule has 92 valence electrons. The van der Waals surface area contributed by atoms with Crippen LogP contribution in [0, 0.1) is 25.3 Å². The number of benzene rings is 1. The van der Waals surface area contributed by atoms with Gasteiger partial charge in [-0.3, -0.25) is 0 Å². The number of aryl methyl sites for hydroxylation is 2. The molecule has 0 amide bonds. The Labute approximate surface area is 106 Å². The minimum atomic E-state index is -1.32. The van der Waals surface area contributed by atoms with Gasteiger partial charge >= 0.3 is 0 Å². The summed E-state index contributed by atoms with van der Waals surface area (Å²) >= 11 is 0. The van der Waals surface area contributed by atoms with Crippen molar-refractivity contribution in [1.29, 1.82) is 0 Å². The van der Waals surface area contributed by atoms with Crippen LogP contribution in [0.3, 0.4) is 0 Å². The first-order valence-corrected chi connectivity index (χ1v) is 9.46. The molecule has 0 unspecified atom stereocenters. The van der Waals surface area contributed by atoms with Crippen LogP contribution in [0.4, 0.5) is 0 Å². The summed E-state index contributed by atoms with van der Waals surface area (Å²) in [6.07, 6.45) is 0. The lowest BCUT2D eigenvalue weighted by Gasteiger charge is -2.09. The molecule has 0 aromatic heterocycles. The highest BCUT2D eigenvalue weighted by atomic mass is 28.3. The molecule has 2 heteroatoms. The normalized spacial score (nSPS) is 10.9. The van der Waals surface area contributed by atoms with E-state index in [9.17, 15) is 0 Å². The Balaban J connectivity index is 3.20. The first kappa shape index (κ1) is 14.0. The van der Waals surface area contributed by atoms with Gasteiger partial charge in [0.05, 0.1) is 6.61 Å². The van der Waals surface area contributed by atoms with Gasteiger partial charge in [0.2, 0.25) is 0 Å². The molecule has 0 aliphatic rings. The van der Waals surface area contributed by atoms with Crippen molar-refractivity contribution in [2.24, 2.45) is 0 Å². The highest BCUT2D eigenvalue weighted by Gasteiger charge is 2.09. The summed E-state index contributed by atoms with van der Waals surface area (Å²) in [5.74, 6) is 3.34. The van der Waals surface area contributed by atoms with E-state index in [0.717, 1.165) is 5.56 Å². The Morgan fingerprint density at radius 1 is 1.12 bits per heavy atom. The maximum Gasteiger partial charge on any atom is 0.129 e. The molecule has 0 bridgehead atoms. The topological polar surface area (TPSA) is 9.23 Å². The second kappa shape index (κ2) is 5.53. The Morgan fingerprint density at radius 2 is 1.71 bits per heavy atom. The van der Waals surface area contributed by atoms with Crippen molar-refractivity contribution in [2.75, 3.05) is 7.11 Å². The number of methoxy groups -OCH3 is 1. The Morgan fingerprint density at radius 3 is 2.24 bits per heavy atom. The zero-order valence-corrected chi connectivity index (χ0v) is 12.8. The zero-order chi connectivity index (χ0) is 13.1. The molecule has 1 aromatic carbocycles. The minimum Gasteiger partial charge on any atom is -0.380 e. The van der Waals surface area contributed by atoms with Crippen molar-refractivity contribution >= 4 is 8.07 Å². The molecule has 1 aromatic rings. The second-order valence-electron chi connectivity index (χ2n) is 5.53. The predicted octanol–water partition coefficient (Wildman–Crippen LogP) is 3.68. The third-order valence-corrected chi connectivity index (χ3v) is 3.47. The van der Waals surface area contributed by atoms with Gasteiger partial charge in [0.1, 0.15) is 8.07 Å². The molecule has 0 spiro atoms. The van der Waals surface area contributed by atoms with E-state index in [-0.39, 0.29) is 0 Å². The van der Waals surface area contributed by atoms with Crippen LogP contribution >= 0.6 is 0 Å². The Hall–Kier alpha value is -1.04. The van der Waals surface area contributed by atoms with Gasteiger partial charge < -0.3 is 4.74 Å². The standard InChI is InChI=1S/C15H22OSi/c1-12-9-14(7-8-17(4,5)6)15(11-16-3)10-13(12)2/h9-10H,11H2,1-6H3. The SMILES string of the molecule is COCc1cc(C)c(C)cc1C#C[Si](C)(C)C. The van der Waals surface area contributed by atoms with Crippen molar-refractivity contribution < 1.29 is 4.74 Å². The van der Waals surface area contributed by atoms with Gasteiger partial charge in [0, 0.05) is 12.7 Å². The molecule has 0 fully saturated rings. The third-order valence-electron chi connectivity index (χ3n) is 2.59. The molecule has 0 aliphatic carbocycles. The summed E-state index contributed by atoms with van der Waals surface area (Å²) in [6.45, 7) is 11.7. The van der Waals surface area contributed by atoms with Crippen LogP contribution < -0.4 is 0 Å². The first-order chi connectivity index (χ1) is 7.83. The summed E-state index contributed by atoms with van der Waals surface area (Å²) in [5, 5.41) is 0. The highest BCUT2D eigenvalue weighted by molar-refractivity contribution is 6.83. The monoisotopic (exact) mass is 246 g/mol. The van der Waals surface area contributed by atoms with Crippen LogP contribution in [0.5, 0.6) is 0 Å². The maximum absolute atomic E-state index is 5.24. The predicted molar refractivity (Wildman–Crippen MR) is 76.9 cm³/mol. The van der Waals surface area contributed by atoms with E-state index >= 15 is 0 Å². The van der Waals surface area contributed by atoms with E-state index < -0.39 is 8.07 Å². The van der Waals surface area contributed by atoms with Gasteiger partial charge in [-0.2, -0.15) is 0 Å². The fourth-order valence-corrected chi connectivity index (χ4v) is 2.03. The average molecular weight is 246 g/mol. The molecular formula is C15H22OSi. The summed E-state index contributed by atoms with van der Waals surface area (Å²) in [6, 6.07) is 4.36. The van der Waals surface area contributed by atoms with Gasteiger partial charge in [-0.05, 0) is 36.6 Å². The quantitative estimate of drug-likeness (QED) is 0.571. The van der Waals surface area contributed by atoms with Gasteiger partial charge in [-0.1, -0.05) is 31.6 Å². The van der Waals surface area contributed by atoms with Gasteiger partial charge in [-0.25, -0.2) is 0 Å².